The van der Waals surface area contributed by atoms with Gasteiger partial charge < -0.3 is 80.9 Å². The summed E-state index contributed by atoms with van der Waals surface area (Å²) < 4.78 is 23.1. The highest BCUT2D eigenvalue weighted by molar-refractivity contribution is 5.71. The number of ether oxygens (including phenoxy) is 4. The summed E-state index contributed by atoms with van der Waals surface area (Å²) >= 11 is 0. The van der Waals surface area contributed by atoms with Gasteiger partial charge in [0.1, 0.15) is 18.1 Å². The van der Waals surface area contributed by atoms with Crippen molar-refractivity contribution in [3.8, 4) is 0 Å². The third-order valence-corrected chi connectivity index (χ3v) is 12.0. The van der Waals surface area contributed by atoms with Crippen LogP contribution in [0.4, 0.5) is 0 Å². The summed E-state index contributed by atoms with van der Waals surface area (Å²) in [6.45, 7) is 6.74. The SMILES string of the molecule is C[C@@H]1[C@H](O)[C@@H](C)/C=C/C=C/C=C/C=C/C=C/C=C/C=C/[C@H](O[C@@H]2O[C@@H](C)[C@@H](O)[C@H](N)[C@@H]2O)C[C@@H]2O[C@](O)(C[C@@H](O)C[C@@H](O)[C@H](O)CC[C@@H](O)C[C@@H](O)CC(=O)O[C@H]1C)C[C@H](O)[C@H]2C(=O)O. The number of rotatable bonds is 3. The lowest BCUT2D eigenvalue weighted by atomic mass is 9.82. The molecule has 3 rings (SSSR count). The summed E-state index contributed by atoms with van der Waals surface area (Å²) in [7, 11) is 0. The van der Waals surface area contributed by atoms with Crippen molar-refractivity contribution in [2.45, 2.75) is 177 Å². The summed E-state index contributed by atoms with van der Waals surface area (Å²) in [5.41, 5.74) is 6.02. The molecule has 13 N–H and O–H groups in total. The molecule has 0 amide bonds. The van der Waals surface area contributed by atoms with Crippen LogP contribution in [0.2, 0.25) is 0 Å². The first-order chi connectivity index (χ1) is 30.6. The summed E-state index contributed by atoms with van der Waals surface area (Å²) in [5, 5.41) is 118. The number of nitrogens with two attached hydrogens (primary N) is 1. The number of hydrogen-bond acceptors (Lipinski definition) is 17. The van der Waals surface area contributed by atoms with Gasteiger partial charge in [-0.15, -0.1) is 0 Å². The molecular weight excluding hydrogens is 851 g/mol. The maximum absolute atomic E-state index is 12.6. The Kier molecular flexibility index (Phi) is 23.6. The molecule has 2 fully saturated rings. The number of cyclic esters (lactones) is 1. The zero-order valence-electron chi connectivity index (χ0n) is 37.6. The Morgan fingerprint density at radius 2 is 1.23 bits per heavy atom. The number of carboxylic acids is 1. The van der Waals surface area contributed by atoms with E-state index in [0.29, 0.717) is 0 Å². The number of aliphatic carboxylic acids is 1. The topological polar surface area (TPSA) is 320 Å². The molecule has 18 heteroatoms. The first kappa shape index (κ1) is 55.9. The molecule has 0 aromatic carbocycles. The van der Waals surface area contributed by atoms with Crippen molar-refractivity contribution in [1.29, 1.82) is 0 Å². The number of fused-ring (bicyclic) bond motifs is 2. The van der Waals surface area contributed by atoms with Crippen molar-refractivity contribution in [2.24, 2.45) is 23.5 Å². The Morgan fingerprint density at radius 3 is 1.82 bits per heavy atom. The van der Waals surface area contributed by atoms with Crippen molar-refractivity contribution in [3.05, 3.63) is 85.1 Å². The summed E-state index contributed by atoms with van der Waals surface area (Å²) in [6, 6.07) is -1.15. The van der Waals surface area contributed by atoms with Gasteiger partial charge in [0.15, 0.2) is 12.1 Å². The van der Waals surface area contributed by atoms with Crippen molar-refractivity contribution < 1.29 is 84.7 Å². The fourth-order valence-corrected chi connectivity index (χ4v) is 7.97. The Morgan fingerprint density at radius 1 is 0.662 bits per heavy atom. The third kappa shape index (κ3) is 18.6. The van der Waals surface area contributed by atoms with Crippen molar-refractivity contribution in [1.82, 2.24) is 0 Å². The summed E-state index contributed by atoms with van der Waals surface area (Å²) in [5.74, 6) is -6.83. The number of esters is 1. The normalized spacial score (nSPS) is 45.5. The minimum atomic E-state index is -2.33. The Hall–Kier alpha value is -3.44. The molecule has 18 nitrogen and oxygen atoms in total. The number of aliphatic hydroxyl groups is 10. The zero-order valence-corrected chi connectivity index (χ0v) is 37.6. The molecule has 2 bridgehead atoms. The minimum absolute atomic E-state index is 0.107. The molecule has 0 aliphatic carbocycles. The van der Waals surface area contributed by atoms with Gasteiger partial charge >= 0.3 is 11.9 Å². The molecule has 0 unspecified atom stereocenters. The van der Waals surface area contributed by atoms with E-state index in [4.69, 9.17) is 24.7 Å². The van der Waals surface area contributed by atoms with Gasteiger partial charge in [0.2, 0.25) is 0 Å². The number of allylic oxidation sites excluding steroid dienone is 12. The van der Waals surface area contributed by atoms with E-state index in [1.54, 1.807) is 80.7 Å². The molecule has 2 saturated heterocycles. The van der Waals surface area contributed by atoms with Crippen LogP contribution in [0.1, 0.15) is 79.1 Å². The van der Waals surface area contributed by atoms with E-state index >= 15 is 0 Å². The number of hydrogen-bond donors (Lipinski definition) is 12. The molecule has 0 saturated carbocycles. The van der Waals surface area contributed by atoms with E-state index in [2.05, 4.69) is 0 Å². The van der Waals surface area contributed by atoms with Crippen LogP contribution in [0.5, 0.6) is 0 Å². The van der Waals surface area contributed by atoms with E-state index in [9.17, 15) is 65.8 Å². The van der Waals surface area contributed by atoms with Gasteiger partial charge in [0, 0.05) is 37.5 Å². The molecule has 65 heavy (non-hydrogen) atoms. The van der Waals surface area contributed by atoms with E-state index < -0.39 is 147 Å². The largest absolute Gasteiger partial charge is 0.481 e. The van der Waals surface area contributed by atoms with Gasteiger partial charge in [-0.1, -0.05) is 98.9 Å². The van der Waals surface area contributed by atoms with E-state index in [0.717, 1.165) is 0 Å². The second kappa shape index (κ2) is 27.4. The molecule has 3 aliphatic rings. The number of aliphatic hydroxyl groups excluding tert-OH is 9. The predicted octanol–water partition coefficient (Wildman–Crippen LogP) is 0.712. The van der Waals surface area contributed by atoms with Gasteiger partial charge in [0.05, 0.1) is 79.6 Å². The van der Waals surface area contributed by atoms with Crippen LogP contribution in [0.3, 0.4) is 0 Å². The van der Waals surface area contributed by atoms with Gasteiger partial charge in [-0.05, 0) is 33.1 Å². The zero-order chi connectivity index (χ0) is 48.4. The fraction of sp³-hybridized carbons (Fsp3) is 0.660. The first-order valence-corrected chi connectivity index (χ1v) is 22.3. The maximum atomic E-state index is 12.6. The van der Waals surface area contributed by atoms with Gasteiger partial charge in [-0.3, -0.25) is 9.59 Å². The van der Waals surface area contributed by atoms with Crippen LogP contribution in [-0.4, -0.2) is 166 Å². The Balaban J connectivity index is 1.86. The summed E-state index contributed by atoms with van der Waals surface area (Å²) in [6.07, 6.45) is 3.46. The van der Waals surface area contributed by atoms with Gasteiger partial charge in [-0.25, -0.2) is 0 Å². The van der Waals surface area contributed by atoms with Gasteiger partial charge in [-0.2, -0.15) is 0 Å². The second-order valence-electron chi connectivity index (χ2n) is 17.6. The highest BCUT2D eigenvalue weighted by Crippen LogP contribution is 2.38. The number of carbonyl (C=O) groups is 2. The monoisotopic (exact) mass is 923 g/mol. The predicted molar refractivity (Wildman–Crippen MR) is 237 cm³/mol. The van der Waals surface area contributed by atoms with Crippen LogP contribution < -0.4 is 5.73 Å². The maximum Gasteiger partial charge on any atom is 0.311 e. The molecular formula is C47H73NO17. The second-order valence-corrected chi connectivity index (χ2v) is 17.6. The molecule has 0 spiro atoms. The van der Waals surface area contributed by atoms with E-state index in [1.165, 1.54) is 13.0 Å². The highest BCUT2D eigenvalue weighted by Gasteiger charge is 2.51. The molecule has 368 valence electrons. The highest BCUT2D eigenvalue weighted by atomic mass is 16.7. The molecule has 19 atom stereocenters. The quantitative estimate of drug-likeness (QED) is 0.174. The standard InChI is InChI=1S/C47H73NO17/c1-27-17-15-13-11-9-7-5-6-8-10-12-14-16-18-34(64-46-44(58)41(48)43(57)30(4)63-46)24-38-40(45(59)60)37(54)26-47(61,65-38)25-33(51)22-36(53)35(52)20-19-31(49)21-32(50)23-39(55)62-29(3)28(2)42(27)56/h5-18,27-38,40-44,46,49-54,56-58,61H,19-26,48H2,1-4H3,(H,59,60)/b6-5+,9-7+,10-8+,13-11+,14-12+,17-15+,18-16+/t27-,28-,29-,30-,31+,32+,33-,34-,35+,36+,37-,38-,40+,41-,42+,43+,44-,46-,47+/m0/s1. The smallest absolute Gasteiger partial charge is 0.311 e. The van der Waals surface area contributed by atoms with Crippen molar-refractivity contribution in [2.75, 3.05) is 0 Å². The number of carbonyl (C=O) groups excluding carboxylic acids is 1. The molecule has 0 radical (unpaired) electrons. The molecule has 0 aromatic rings. The van der Waals surface area contributed by atoms with Gasteiger partial charge in [0.25, 0.3) is 0 Å². The average Bonchev–Trinajstić information content (AvgIpc) is 3.21. The Labute approximate surface area is 381 Å². The lowest BCUT2D eigenvalue weighted by molar-refractivity contribution is -0.308. The van der Waals surface area contributed by atoms with Crippen LogP contribution in [0.15, 0.2) is 85.1 Å². The van der Waals surface area contributed by atoms with E-state index in [1.807, 2.05) is 19.1 Å². The lowest BCUT2D eigenvalue weighted by Gasteiger charge is -2.45. The summed E-state index contributed by atoms with van der Waals surface area (Å²) in [4.78, 5) is 25.1. The molecule has 3 heterocycles. The van der Waals surface area contributed by atoms with E-state index in [-0.39, 0.29) is 31.6 Å². The lowest BCUT2D eigenvalue weighted by Crippen LogP contribution is -2.61. The minimum Gasteiger partial charge on any atom is -0.481 e. The molecule has 0 aromatic heterocycles. The Bertz CT molecular complexity index is 1670. The fourth-order valence-electron chi connectivity index (χ4n) is 7.97. The first-order valence-electron chi connectivity index (χ1n) is 22.3. The van der Waals surface area contributed by atoms with Crippen LogP contribution in [0, 0.1) is 17.8 Å². The van der Waals surface area contributed by atoms with Crippen LogP contribution >= 0.6 is 0 Å². The van der Waals surface area contributed by atoms with Crippen molar-refractivity contribution in [3.63, 3.8) is 0 Å². The van der Waals surface area contributed by atoms with Crippen LogP contribution in [0.25, 0.3) is 0 Å². The number of carboxylic acid groups (broad SMARTS) is 1. The van der Waals surface area contributed by atoms with Crippen LogP contribution in [-0.2, 0) is 28.5 Å². The third-order valence-electron chi connectivity index (χ3n) is 12.0. The average molecular weight is 924 g/mol. The molecule has 3 aliphatic heterocycles. The van der Waals surface area contributed by atoms with Crippen molar-refractivity contribution >= 4 is 11.9 Å².